The first-order valence-corrected chi connectivity index (χ1v) is 7.34. The Balaban J connectivity index is 1.85. The van der Waals surface area contributed by atoms with Crippen LogP contribution in [-0.4, -0.2) is 43.2 Å². The van der Waals surface area contributed by atoms with Gasteiger partial charge in [-0.1, -0.05) is 6.42 Å². The van der Waals surface area contributed by atoms with E-state index in [0.29, 0.717) is 11.8 Å². The molecule has 0 radical (unpaired) electrons. The molecule has 2 N–H and O–H groups in total. The first kappa shape index (κ1) is 13.8. The summed E-state index contributed by atoms with van der Waals surface area (Å²) in [6, 6.07) is 0.0877. The average Bonchev–Trinajstić information content (AvgIpc) is 2.82. The maximum Gasteiger partial charge on any atom is 0.227 e. The van der Waals surface area contributed by atoms with Crippen molar-refractivity contribution in [2.75, 3.05) is 26.3 Å². The molecule has 104 valence electrons. The molecule has 0 aromatic heterocycles. The SMILES string of the molecule is CCOC[C@@H]1CCCN(C(=O)[C@@H]2CCC[C@@H]2N)C1. The molecule has 2 aliphatic rings. The highest BCUT2D eigenvalue weighted by molar-refractivity contribution is 5.80. The number of rotatable bonds is 4. The molecule has 3 atom stereocenters. The van der Waals surface area contributed by atoms with Gasteiger partial charge >= 0.3 is 0 Å². The van der Waals surface area contributed by atoms with Gasteiger partial charge in [-0.3, -0.25) is 4.79 Å². The second-order valence-electron chi connectivity index (χ2n) is 5.65. The average molecular weight is 254 g/mol. The van der Waals surface area contributed by atoms with Crippen molar-refractivity contribution in [3.8, 4) is 0 Å². The van der Waals surface area contributed by atoms with Crippen molar-refractivity contribution in [3.63, 3.8) is 0 Å². The number of nitrogens with two attached hydrogens (primary N) is 1. The van der Waals surface area contributed by atoms with Crippen LogP contribution in [-0.2, 0) is 9.53 Å². The molecule has 1 saturated carbocycles. The van der Waals surface area contributed by atoms with Crippen molar-refractivity contribution in [3.05, 3.63) is 0 Å². The first-order chi connectivity index (χ1) is 8.72. The predicted molar refractivity (Wildman–Crippen MR) is 71.1 cm³/mol. The van der Waals surface area contributed by atoms with Crippen LogP contribution in [0.5, 0.6) is 0 Å². The summed E-state index contributed by atoms with van der Waals surface area (Å²) >= 11 is 0. The number of nitrogens with zero attached hydrogens (tertiary/aromatic N) is 1. The Morgan fingerprint density at radius 2 is 2.17 bits per heavy atom. The number of amides is 1. The lowest BCUT2D eigenvalue weighted by Crippen LogP contribution is -2.46. The van der Waals surface area contributed by atoms with Gasteiger partial charge in [0, 0.05) is 25.7 Å². The molecule has 0 aromatic rings. The second-order valence-corrected chi connectivity index (χ2v) is 5.65. The van der Waals surface area contributed by atoms with E-state index in [1.165, 1.54) is 6.42 Å². The van der Waals surface area contributed by atoms with E-state index in [0.717, 1.165) is 52.0 Å². The molecule has 1 amide bonds. The topological polar surface area (TPSA) is 55.6 Å². The highest BCUT2D eigenvalue weighted by Gasteiger charge is 2.35. The molecule has 1 saturated heterocycles. The largest absolute Gasteiger partial charge is 0.381 e. The van der Waals surface area contributed by atoms with Gasteiger partial charge in [-0.2, -0.15) is 0 Å². The van der Waals surface area contributed by atoms with Gasteiger partial charge in [0.05, 0.1) is 12.5 Å². The van der Waals surface area contributed by atoms with Crippen LogP contribution in [0.2, 0.25) is 0 Å². The van der Waals surface area contributed by atoms with Crippen molar-refractivity contribution in [2.45, 2.75) is 45.1 Å². The van der Waals surface area contributed by atoms with Gasteiger partial charge in [0.25, 0.3) is 0 Å². The number of hydrogen-bond acceptors (Lipinski definition) is 3. The van der Waals surface area contributed by atoms with E-state index in [1.54, 1.807) is 0 Å². The molecule has 2 fully saturated rings. The van der Waals surface area contributed by atoms with E-state index in [9.17, 15) is 4.79 Å². The lowest BCUT2D eigenvalue weighted by Gasteiger charge is -2.35. The van der Waals surface area contributed by atoms with Gasteiger partial charge < -0.3 is 15.4 Å². The molecule has 4 heteroatoms. The maximum atomic E-state index is 12.4. The summed E-state index contributed by atoms with van der Waals surface area (Å²) in [5.41, 5.74) is 6.03. The fourth-order valence-corrected chi connectivity index (χ4v) is 3.22. The molecule has 0 bridgehead atoms. The smallest absolute Gasteiger partial charge is 0.227 e. The van der Waals surface area contributed by atoms with Crippen molar-refractivity contribution in [2.24, 2.45) is 17.6 Å². The van der Waals surface area contributed by atoms with E-state index in [2.05, 4.69) is 0 Å². The Labute approximate surface area is 110 Å². The van der Waals surface area contributed by atoms with E-state index >= 15 is 0 Å². The van der Waals surface area contributed by atoms with Gasteiger partial charge in [-0.15, -0.1) is 0 Å². The quantitative estimate of drug-likeness (QED) is 0.825. The molecular weight excluding hydrogens is 228 g/mol. The van der Waals surface area contributed by atoms with E-state index in [4.69, 9.17) is 10.5 Å². The summed E-state index contributed by atoms with van der Waals surface area (Å²) < 4.78 is 5.48. The molecule has 0 spiro atoms. The number of hydrogen-bond donors (Lipinski definition) is 1. The number of piperidine rings is 1. The van der Waals surface area contributed by atoms with Crippen LogP contribution in [0.1, 0.15) is 39.0 Å². The van der Waals surface area contributed by atoms with Crippen LogP contribution < -0.4 is 5.73 Å². The van der Waals surface area contributed by atoms with Crippen molar-refractivity contribution in [1.29, 1.82) is 0 Å². The van der Waals surface area contributed by atoms with Crippen molar-refractivity contribution in [1.82, 2.24) is 4.90 Å². The molecule has 18 heavy (non-hydrogen) atoms. The van der Waals surface area contributed by atoms with Crippen LogP contribution in [0.25, 0.3) is 0 Å². The Morgan fingerprint density at radius 3 is 2.83 bits per heavy atom. The monoisotopic (exact) mass is 254 g/mol. The summed E-state index contributed by atoms with van der Waals surface area (Å²) in [5.74, 6) is 0.886. The maximum absolute atomic E-state index is 12.4. The second kappa shape index (κ2) is 6.53. The standard InChI is InChI=1S/C14H26N2O2/c1-2-18-10-11-5-4-8-16(9-11)14(17)12-6-3-7-13(12)15/h11-13H,2-10,15H2,1H3/t11-,12-,13+/m1/s1. The summed E-state index contributed by atoms with van der Waals surface area (Å²) in [4.78, 5) is 14.5. The summed E-state index contributed by atoms with van der Waals surface area (Å²) in [5, 5.41) is 0. The number of ether oxygens (including phenoxy) is 1. The van der Waals surface area contributed by atoms with Crippen LogP contribution in [0.3, 0.4) is 0 Å². The van der Waals surface area contributed by atoms with Crippen molar-refractivity contribution < 1.29 is 9.53 Å². The molecule has 4 nitrogen and oxygen atoms in total. The zero-order valence-corrected chi connectivity index (χ0v) is 11.4. The van der Waals surface area contributed by atoms with Crippen LogP contribution in [0.15, 0.2) is 0 Å². The summed E-state index contributed by atoms with van der Waals surface area (Å²) in [7, 11) is 0. The van der Waals surface area contributed by atoms with E-state index in [-0.39, 0.29) is 12.0 Å². The highest BCUT2D eigenvalue weighted by atomic mass is 16.5. The van der Waals surface area contributed by atoms with Gasteiger partial charge in [-0.05, 0) is 38.5 Å². The van der Waals surface area contributed by atoms with Crippen molar-refractivity contribution >= 4 is 5.91 Å². The Hall–Kier alpha value is -0.610. The van der Waals surface area contributed by atoms with Gasteiger partial charge in [0.15, 0.2) is 0 Å². The molecule has 1 aliphatic carbocycles. The van der Waals surface area contributed by atoms with E-state index in [1.807, 2.05) is 11.8 Å². The lowest BCUT2D eigenvalue weighted by atomic mass is 9.95. The number of carbonyl (C=O) groups is 1. The molecule has 0 aromatic carbocycles. The predicted octanol–water partition coefficient (Wildman–Crippen LogP) is 1.39. The highest BCUT2D eigenvalue weighted by Crippen LogP contribution is 2.28. The Kier molecular flexibility index (Phi) is 5.01. The third kappa shape index (κ3) is 3.23. The summed E-state index contributed by atoms with van der Waals surface area (Å²) in [6.45, 7) is 5.34. The Morgan fingerprint density at radius 1 is 1.33 bits per heavy atom. The fraction of sp³-hybridized carbons (Fsp3) is 0.929. The van der Waals surface area contributed by atoms with E-state index < -0.39 is 0 Å². The molecule has 1 aliphatic heterocycles. The minimum atomic E-state index is 0.0795. The lowest BCUT2D eigenvalue weighted by molar-refractivity contribution is -0.138. The molecular formula is C14H26N2O2. The fourth-order valence-electron chi connectivity index (χ4n) is 3.22. The number of carbonyl (C=O) groups excluding carboxylic acids is 1. The van der Waals surface area contributed by atoms with Gasteiger partial charge in [-0.25, -0.2) is 0 Å². The third-order valence-electron chi connectivity index (χ3n) is 4.27. The Bertz CT molecular complexity index is 283. The van der Waals surface area contributed by atoms with Crippen LogP contribution in [0.4, 0.5) is 0 Å². The zero-order chi connectivity index (χ0) is 13.0. The minimum absolute atomic E-state index is 0.0795. The number of likely N-dealkylation sites (tertiary alicyclic amines) is 1. The summed E-state index contributed by atoms with van der Waals surface area (Å²) in [6.07, 6.45) is 5.37. The van der Waals surface area contributed by atoms with Gasteiger partial charge in [0.1, 0.15) is 0 Å². The third-order valence-corrected chi connectivity index (χ3v) is 4.27. The zero-order valence-electron chi connectivity index (χ0n) is 11.4. The molecule has 2 rings (SSSR count). The molecule has 0 unspecified atom stereocenters. The van der Waals surface area contributed by atoms with Crippen LogP contribution >= 0.6 is 0 Å². The minimum Gasteiger partial charge on any atom is -0.381 e. The first-order valence-electron chi connectivity index (χ1n) is 7.34. The van der Waals surface area contributed by atoms with Gasteiger partial charge in [0.2, 0.25) is 5.91 Å². The molecule has 1 heterocycles. The normalized spacial score (nSPS) is 32.8. The van der Waals surface area contributed by atoms with Crippen LogP contribution in [0, 0.1) is 11.8 Å².